The molecule has 6 heteroatoms. The minimum Gasteiger partial charge on any atom is -0.297 e. The molecule has 0 spiro atoms. The van der Waals surface area contributed by atoms with E-state index in [1.54, 1.807) is 17.5 Å². The first-order chi connectivity index (χ1) is 9.20. The van der Waals surface area contributed by atoms with E-state index in [1.807, 2.05) is 0 Å². The van der Waals surface area contributed by atoms with Gasteiger partial charge in [0.25, 0.3) is 5.91 Å². The molecular formula is C13H8FN3OS. The standard InChI is InChI=1S/C13H8FN3OS/c14-11-4-2-1-3-9(11)7-10(8-15)12(18)17-13-16-5-6-19-13/h1-7H,(H,16,17,18)/b10-7+. The van der Waals surface area contributed by atoms with Gasteiger partial charge in [0.1, 0.15) is 17.5 Å². The van der Waals surface area contributed by atoms with Crippen molar-refractivity contribution in [1.82, 2.24) is 4.98 Å². The number of carbonyl (C=O) groups excluding carboxylic acids is 1. The number of carbonyl (C=O) groups is 1. The number of anilines is 1. The number of hydrogen-bond acceptors (Lipinski definition) is 4. The molecule has 1 amide bonds. The van der Waals surface area contributed by atoms with E-state index in [9.17, 15) is 9.18 Å². The van der Waals surface area contributed by atoms with Gasteiger partial charge >= 0.3 is 0 Å². The molecule has 0 unspecified atom stereocenters. The first-order valence-electron chi connectivity index (χ1n) is 5.28. The zero-order valence-corrected chi connectivity index (χ0v) is 10.4. The highest BCUT2D eigenvalue weighted by Gasteiger charge is 2.11. The van der Waals surface area contributed by atoms with Crippen molar-refractivity contribution in [3.8, 4) is 6.07 Å². The fraction of sp³-hybridized carbons (Fsp3) is 0. The fourth-order valence-electron chi connectivity index (χ4n) is 1.35. The van der Waals surface area contributed by atoms with Gasteiger partial charge in [0, 0.05) is 17.1 Å². The van der Waals surface area contributed by atoms with Crippen LogP contribution in [-0.4, -0.2) is 10.9 Å². The maximum Gasteiger partial charge on any atom is 0.268 e. The van der Waals surface area contributed by atoms with Crippen LogP contribution in [0.4, 0.5) is 9.52 Å². The van der Waals surface area contributed by atoms with Gasteiger partial charge in [-0.3, -0.25) is 10.1 Å². The maximum atomic E-state index is 13.4. The summed E-state index contributed by atoms with van der Waals surface area (Å²) in [7, 11) is 0. The molecule has 1 heterocycles. The van der Waals surface area contributed by atoms with Gasteiger partial charge in [-0.05, 0) is 12.1 Å². The van der Waals surface area contributed by atoms with Gasteiger partial charge in [0.2, 0.25) is 0 Å². The Kier molecular flexibility index (Phi) is 4.00. The van der Waals surface area contributed by atoms with Gasteiger partial charge in [-0.2, -0.15) is 5.26 Å². The third kappa shape index (κ3) is 3.24. The Hall–Kier alpha value is -2.52. The second kappa shape index (κ2) is 5.89. The second-order valence-electron chi connectivity index (χ2n) is 3.48. The Morgan fingerprint density at radius 1 is 1.47 bits per heavy atom. The Labute approximate surface area is 112 Å². The lowest BCUT2D eigenvalue weighted by atomic mass is 10.1. The normalized spacial score (nSPS) is 10.8. The van der Waals surface area contributed by atoms with Gasteiger partial charge in [-0.25, -0.2) is 9.37 Å². The Morgan fingerprint density at radius 2 is 2.26 bits per heavy atom. The van der Waals surface area contributed by atoms with Gasteiger partial charge in [0.15, 0.2) is 5.13 Å². The summed E-state index contributed by atoms with van der Waals surface area (Å²) < 4.78 is 13.4. The molecule has 0 saturated carbocycles. The number of nitrogens with one attached hydrogen (secondary N) is 1. The van der Waals surface area contributed by atoms with Crippen molar-refractivity contribution in [2.24, 2.45) is 0 Å². The summed E-state index contributed by atoms with van der Waals surface area (Å²) in [6, 6.07) is 7.67. The molecule has 1 aromatic carbocycles. The predicted molar refractivity (Wildman–Crippen MR) is 70.7 cm³/mol. The van der Waals surface area contributed by atoms with Crippen molar-refractivity contribution < 1.29 is 9.18 Å². The van der Waals surface area contributed by atoms with Gasteiger partial charge in [-0.15, -0.1) is 11.3 Å². The quantitative estimate of drug-likeness (QED) is 0.690. The largest absolute Gasteiger partial charge is 0.297 e. The smallest absolute Gasteiger partial charge is 0.268 e. The summed E-state index contributed by atoms with van der Waals surface area (Å²) in [6.07, 6.45) is 2.74. The van der Waals surface area contributed by atoms with Crippen LogP contribution in [-0.2, 0) is 4.79 Å². The van der Waals surface area contributed by atoms with Crippen LogP contribution in [0.5, 0.6) is 0 Å². The molecule has 0 atom stereocenters. The number of nitriles is 1. The number of thiazole rings is 1. The molecule has 0 aliphatic heterocycles. The molecule has 1 N–H and O–H groups in total. The highest BCUT2D eigenvalue weighted by molar-refractivity contribution is 7.13. The summed E-state index contributed by atoms with van der Waals surface area (Å²) in [5.41, 5.74) is 0.00800. The molecule has 2 rings (SSSR count). The third-order valence-electron chi connectivity index (χ3n) is 2.22. The molecule has 0 bridgehead atoms. The Bertz CT molecular complexity index is 659. The summed E-state index contributed by atoms with van der Waals surface area (Å²) in [5, 5.41) is 13.5. The number of nitrogens with zero attached hydrogens (tertiary/aromatic N) is 2. The number of rotatable bonds is 3. The second-order valence-corrected chi connectivity index (χ2v) is 4.38. The number of halogens is 1. The average molecular weight is 273 g/mol. The molecule has 0 aliphatic rings. The van der Waals surface area contributed by atoms with Crippen LogP contribution >= 0.6 is 11.3 Å². The Balaban J connectivity index is 2.23. The summed E-state index contributed by atoms with van der Waals surface area (Å²) >= 11 is 1.23. The van der Waals surface area contributed by atoms with Crippen LogP contribution < -0.4 is 5.32 Å². The van der Waals surface area contributed by atoms with E-state index in [4.69, 9.17) is 5.26 Å². The van der Waals surface area contributed by atoms with Crippen LogP contribution in [0, 0.1) is 17.1 Å². The SMILES string of the molecule is N#C/C(=C\c1ccccc1F)C(=O)Nc1nccs1. The summed E-state index contributed by atoms with van der Waals surface area (Å²) in [5.74, 6) is -1.10. The van der Waals surface area contributed by atoms with Crippen LogP contribution in [0.2, 0.25) is 0 Å². The average Bonchev–Trinajstić information content (AvgIpc) is 2.90. The van der Waals surface area contributed by atoms with Crippen molar-refractivity contribution in [2.45, 2.75) is 0 Å². The third-order valence-corrected chi connectivity index (χ3v) is 2.91. The monoisotopic (exact) mass is 273 g/mol. The van der Waals surface area contributed by atoms with Crippen molar-refractivity contribution in [3.05, 3.63) is 52.8 Å². The first-order valence-corrected chi connectivity index (χ1v) is 6.16. The number of hydrogen-bond donors (Lipinski definition) is 1. The maximum absolute atomic E-state index is 13.4. The van der Waals surface area contributed by atoms with Crippen LogP contribution in [0.25, 0.3) is 6.08 Å². The van der Waals surface area contributed by atoms with E-state index in [0.29, 0.717) is 5.13 Å². The topological polar surface area (TPSA) is 65.8 Å². The van der Waals surface area contributed by atoms with E-state index < -0.39 is 11.7 Å². The van der Waals surface area contributed by atoms with E-state index in [2.05, 4.69) is 10.3 Å². The van der Waals surface area contributed by atoms with Gasteiger partial charge < -0.3 is 0 Å². The minimum atomic E-state index is -0.610. The van der Waals surface area contributed by atoms with Crippen molar-refractivity contribution in [2.75, 3.05) is 5.32 Å². The molecule has 94 valence electrons. The lowest BCUT2D eigenvalue weighted by molar-refractivity contribution is -0.112. The highest BCUT2D eigenvalue weighted by atomic mass is 32.1. The van der Waals surface area contributed by atoms with Crippen molar-refractivity contribution in [3.63, 3.8) is 0 Å². The van der Waals surface area contributed by atoms with Gasteiger partial charge in [-0.1, -0.05) is 18.2 Å². The van der Waals surface area contributed by atoms with Gasteiger partial charge in [0.05, 0.1) is 0 Å². The summed E-state index contributed by atoms with van der Waals surface area (Å²) in [4.78, 5) is 15.7. The molecule has 0 saturated heterocycles. The first kappa shape index (κ1) is 12.9. The predicted octanol–water partition coefficient (Wildman–Crippen LogP) is 2.83. The zero-order valence-electron chi connectivity index (χ0n) is 9.63. The highest BCUT2D eigenvalue weighted by Crippen LogP contribution is 2.14. The molecule has 1 aromatic heterocycles. The zero-order chi connectivity index (χ0) is 13.7. The molecule has 2 aromatic rings. The fourth-order valence-corrected chi connectivity index (χ4v) is 1.87. The number of amides is 1. The molecular weight excluding hydrogens is 265 g/mol. The molecule has 0 aliphatic carbocycles. The van der Waals surface area contributed by atoms with Crippen LogP contribution in [0.3, 0.4) is 0 Å². The van der Waals surface area contributed by atoms with Crippen LogP contribution in [0.15, 0.2) is 41.4 Å². The van der Waals surface area contributed by atoms with E-state index in [1.165, 1.54) is 41.8 Å². The number of aromatic nitrogens is 1. The van der Waals surface area contributed by atoms with Crippen molar-refractivity contribution in [1.29, 1.82) is 5.26 Å². The van der Waals surface area contributed by atoms with E-state index in [0.717, 1.165) is 0 Å². The van der Waals surface area contributed by atoms with Crippen molar-refractivity contribution >= 4 is 28.5 Å². The molecule has 0 fully saturated rings. The van der Waals surface area contributed by atoms with Crippen LogP contribution in [0.1, 0.15) is 5.56 Å². The van der Waals surface area contributed by atoms with E-state index >= 15 is 0 Å². The Morgan fingerprint density at radius 3 is 2.89 bits per heavy atom. The van der Waals surface area contributed by atoms with E-state index in [-0.39, 0.29) is 11.1 Å². The minimum absolute atomic E-state index is 0.180. The lowest BCUT2D eigenvalue weighted by Gasteiger charge is -2.00. The molecule has 0 radical (unpaired) electrons. The molecule has 4 nitrogen and oxygen atoms in total. The summed E-state index contributed by atoms with van der Waals surface area (Å²) in [6.45, 7) is 0. The number of benzene rings is 1. The molecule has 19 heavy (non-hydrogen) atoms. The lowest BCUT2D eigenvalue weighted by Crippen LogP contribution is -2.13.